The molecule has 1 spiro atoms. The van der Waals surface area contributed by atoms with Gasteiger partial charge in [0.05, 0.1) is 10.6 Å². The monoisotopic (exact) mass is 486 g/mol. The van der Waals surface area contributed by atoms with Crippen molar-refractivity contribution in [2.45, 2.75) is 43.7 Å². The maximum absolute atomic E-state index is 13.1. The highest BCUT2D eigenvalue weighted by atomic mass is 35.5. The number of aryl methyl sites for hydroxylation is 1. The summed E-state index contributed by atoms with van der Waals surface area (Å²) < 4.78 is 66.2. The van der Waals surface area contributed by atoms with Gasteiger partial charge in [-0.15, -0.1) is 0 Å². The minimum atomic E-state index is -4.57. The molecule has 2 heterocycles. The van der Waals surface area contributed by atoms with Crippen molar-refractivity contribution in [3.8, 4) is 0 Å². The van der Waals surface area contributed by atoms with Crippen LogP contribution in [0.5, 0.6) is 0 Å². The van der Waals surface area contributed by atoms with E-state index in [1.54, 1.807) is 0 Å². The molecule has 9 heteroatoms. The fourth-order valence-electron chi connectivity index (χ4n) is 4.73. The van der Waals surface area contributed by atoms with Crippen molar-refractivity contribution in [1.82, 2.24) is 4.31 Å². The van der Waals surface area contributed by atoms with E-state index < -0.39 is 26.8 Å². The Hall–Kier alpha value is -1.77. The number of alkyl halides is 3. The third kappa shape index (κ3) is 4.50. The summed E-state index contributed by atoms with van der Waals surface area (Å²) in [6.07, 6.45) is -1.15. The van der Waals surface area contributed by atoms with Crippen LogP contribution in [0.25, 0.3) is 0 Å². The maximum atomic E-state index is 13.1. The molecule has 2 saturated heterocycles. The molecule has 32 heavy (non-hydrogen) atoms. The van der Waals surface area contributed by atoms with Crippen molar-refractivity contribution in [3.05, 3.63) is 58.6 Å². The summed E-state index contributed by atoms with van der Waals surface area (Å²) in [6, 6.07) is 11.0. The Bertz CT molecular complexity index is 1080. The molecule has 2 aliphatic rings. The van der Waals surface area contributed by atoms with Crippen LogP contribution in [0.15, 0.2) is 47.4 Å². The van der Waals surface area contributed by atoms with Crippen LogP contribution in [0.4, 0.5) is 18.9 Å². The van der Waals surface area contributed by atoms with E-state index in [4.69, 9.17) is 11.6 Å². The summed E-state index contributed by atoms with van der Waals surface area (Å²) in [5, 5.41) is -0.400. The van der Waals surface area contributed by atoms with E-state index in [0.717, 1.165) is 38.1 Å². The fraction of sp³-hybridized carbons (Fsp3) is 0.478. The highest BCUT2D eigenvalue weighted by molar-refractivity contribution is 7.89. The van der Waals surface area contributed by atoms with Crippen LogP contribution in [0.2, 0.25) is 5.02 Å². The SMILES string of the molecule is CCc1ccc(N2CCC3(CCN(S(=O)(=O)c4ccc(C(F)(F)F)cc4Cl)CC3)C2)cc1. The summed E-state index contributed by atoms with van der Waals surface area (Å²) in [4.78, 5) is 2.09. The lowest BCUT2D eigenvalue weighted by Gasteiger charge is -2.38. The van der Waals surface area contributed by atoms with Gasteiger partial charge >= 0.3 is 6.18 Å². The van der Waals surface area contributed by atoms with Crippen molar-refractivity contribution in [3.63, 3.8) is 0 Å². The molecule has 0 atom stereocenters. The molecule has 0 amide bonds. The van der Waals surface area contributed by atoms with Gasteiger partial charge in [0.15, 0.2) is 0 Å². The van der Waals surface area contributed by atoms with Gasteiger partial charge in [-0.05, 0) is 67.0 Å². The lowest BCUT2D eigenvalue weighted by atomic mass is 9.78. The second kappa shape index (κ2) is 8.54. The van der Waals surface area contributed by atoms with Crippen molar-refractivity contribution < 1.29 is 21.6 Å². The summed E-state index contributed by atoms with van der Waals surface area (Å²) in [7, 11) is -3.95. The van der Waals surface area contributed by atoms with Crippen molar-refractivity contribution in [2.24, 2.45) is 5.41 Å². The molecular weight excluding hydrogens is 461 g/mol. The molecule has 0 bridgehead atoms. The first-order valence-electron chi connectivity index (χ1n) is 10.7. The molecule has 4 rings (SSSR count). The maximum Gasteiger partial charge on any atom is 0.416 e. The molecule has 0 unspecified atom stereocenters. The lowest BCUT2D eigenvalue weighted by Crippen LogP contribution is -2.44. The number of sulfonamides is 1. The number of rotatable bonds is 4. The number of piperidine rings is 1. The second-order valence-electron chi connectivity index (χ2n) is 8.74. The van der Waals surface area contributed by atoms with E-state index in [1.807, 2.05) is 0 Å². The molecule has 2 aliphatic heterocycles. The molecule has 0 aliphatic carbocycles. The van der Waals surface area contributed by atoms with E-state index in [-0.39, 0.29) is 10.3 Å². The Morgan fingerprint density at radius 2 is 1.62 bits per heavy atom. The van der Waals surface area contributed by atoms with E-state index in [1.165, 1.54) is 15.6 Å². The second-order valence-corrected chi connectivity index (χ2v) is 11.1. The summed E-state index contributed by atoms with van der Waals surface area (Å²) in [6.45, 7) is 4.61. The van der Waals surface area contributed by atoms with Crippen LogP contribution in [-0.2, 0) is 22.6 Å². The summed E-state index contributed by atoms with van der Waals surface area (Å²) >= 11 is 5.96. The highest BCUT2D eigenvalue weighted by Crippen LogP contribution is 2.43. The van der Waals surface area contributed by atoms with Gasteiger partial charge in [-0.25, -0.2) is 8.42 Å². The molecule has 174 valence electrons. The van der Waals surface area contributed by atoms with Gasteiger partial charge in [-0.1, -0.05) is 30.7 Å². The first-order valence-corrected chi connectivity index (χ1v) is 12.6. The third-order valence-electron chi connectivity index (χ3n) is 6.81. The minimum absolute atomic E-state index is 0.0549. The molecule has 0 radical (unpaired) electrons. The van der Waals surface area contributed by atoms with Crippen LogP contribution >= 0.6 is 11.6 Å². The number of hydrogen-bond donors (Lipinski definition) is 0. The third-order valence-corrected chi connectivity index (χ3v) is 9.19. The standard InChI is InChI=1S/C23H26ClF3N2O2S/c1-2-17-3-6-19(7-4-17)28-12-9-22(16-28)10-13-29(14-11-22)32(30,31)21-8-5-18(15-20(21)24)23(25,26)27/h3-8,15H,2,9-14,16H2,1H3. The molecule has 0 saturated carbocycles. The van der Waals surface area contributed by atoms with Crippen molar-refractivity contribution in [1.29, 1.82) is 0 Å². The summed E-state index contributed by atoms with van der Waals surface area (Å²) in [5.41, 5.74) is 1.57. The smallest absolute Gasteiger partial charge is 0.371 e. The fourth-order valence-corrected chi connectivity index (χ4v) is 6.69. The predicted octanol–water partition coefficient (Wildman–Crippen LogP) is 5.60. The van der Waals surface area contributed by atoms with E-state index in [9.17, 15) is 21.6 Å². The Kier molecular flexibility index (Phi) is 6.24. The van der Waals surface area contributed by atoms with Gasteiger partial charge in [-0.3, -0.25) is 0 Å². The largest absolute Gasteiger partial charge is 0.416 e. The number of halogens is 4. The molecule has 2 aromatic rings. The Labute approximate surface area is 192 Å². The molecule has 2 fully saturated rings. The van der Waals surface area contributed by atoms with Crippen LogP contribution in [0, 0.1) is 5.41 Å². The normalized spacial score (nSPS) is 19.6. The predicted molar refractivity (Wildman–Crippen MR) is 120 cm³/mol. The summed E-state index contributed by atoms with van der Waals surface area (Å²) in [5.74, 6) is 0. The zero-order valence-electron chi connectivity index (χ0n) is 17.8. The van der Waals surface area contributed by atoms with E-state index >= 15 is 0 Å². The van der Waals surface area contributed by atoms with Gasteiger partial charge in [-0.2, -0.15) is 17.5 Å². The topological polar surface area (TPSA) is 40.6 Å². The van der Waals surface area contributed by atoms with E-state index in [2.05, 4.69) is 36.1 Å². The molecule has 4 nitrogen and oxygen atoms in total. The number of nitrogens with zero attached hydrogens (tertiary/aromatic N) is 2. The zero-order valence-corrected chi connectivity index (χ0v) is 19.4. The van der Waals surface area contributed by atoms with Gasteiger partial charge in [0.1, 0.15) is 4.90 Å². The first-order chi connectivity index (χ1) is 15.0. The molecule has 0 aromatic heterocycles. The molecule has 2 aromatic carbocycles. The van der Waals surface area contributed by atoms with Crippen LogP contribution in [0.1, 0.15) is 37.3 Å². The van der Waals surface area contributed by atoms with Gasteiger partial charge in [0.2, 0.25) is 10.0 Å². The Morgan fingerprint density at radius 3 is 2.19 bits per heavy atom. The number of benzene rings is 2. The van der Waals surface area contributed by atoms with E-state index in [0.29, 0.717) is 32.0 Å². The zero-order chi connectivity index (χ0) is 23.1. The van der Waals surface area contributed by atoms with Gasteiger partial charge in [0.25, 0.3) is 0 Å². The molecule has 0 N–H and O–H groups in total. The van der Waals surface area contributed by atoms with Crippen LogP contribution in [0.3, 0.4) is 0 Å². The number of anilines is 1. The Balaban J connectivity index is 1.44. The van der Waals surface area contributed by atoms with Crippen LogP contribution < -0.4 is 4.90 Å². The Morgan fingerprint density at radius 1 is 1.00 bits per heavy atom. The highest BCUT2D eigenvalue weighted by Gasteiger charge is 2.43. The minimum Gasteiger partial charge on any atom is -0.371 e. The first kappa shape index (κ1) is 23.4. The average molecular weight is 487 g/mol. The quantitative estimate of drug-likeness (QED) is 0.564. The van der Waals surface area contributed by atoms with Gasteiger partial charge < -0.3 is 4.90 Å². The van der Waals surface area contributed by atoms with Gasteiger partial charge in [0, 0.05) is 31.9 Å². The van der Waals surface area contributed by atoms with Crippen molar-refractivity contribution >= 4 is 27.3 Å². The molecular formula is C23H26ClF3N2O2S. The van der Waals surface area contributed by atoms with Crippen LogP contribution in [-0.4, -0.2) is 38.9 Å². The van der Waals surface area contributed by atoms with Crippen molar-refractivity contribution in [2.75, 3.05) is 31.1 Å². The lowest BCUT2D eigenvalue weighted by molar-refractivity contribution is -0.137. The average Bonchev–Trinajstić information content (AvgIpc) is 3.16. The number of hydrogen-bond acceptors (Lipinski definition) is 3.